The molecule has 0 aliphatic rings. The van der Waals surface area contributed by atoms with Gasteiger partial charge in [-0.2, -0.15) is 0 Å². The monoisotopic (exact) mass is 1450 g/mol. The lowest BCUT2D eigenvalue weighted by Crippen LogP contribution is -2.30. The van der Waals surface area contributed by atoms with E-state index >= 15 is 0 Å². The van der Waals surface area contributed by atoms with Gasteiger partial charge in [-0.1, -0.05) is 357 Å². The number of hydrogen-bond donors (Lipinski definition) is 3. The number of hydrogen-bond acceptors (Lipinski definition) is 15. The quantitative estimate of drug-likeness (QED) is 0.0222. The van der Waals surface area contributed by atoms with Crippen molar-refractivity contribution in [1.29, 1.82) is 0 Å². The highest BCUT2D eigenvalue weighted by Gasteiger charge is 2.30. The molecule has 0 saturated carbocycles. The fourth-order valence-corrected chi connectivity index (χ4v) is 13.8. The number of carbonyl (C=O) groups excluding carboxylic acids is 4. The van der Waals surface area contributed by atoms with E-state index in [1.165, 1.54) is 205 Å². The van der Waals surface area contributed by atoms with Crippen molar-refractivity contribution < 1.29 is 80.2 Å². The summed E-state index contributed by atoms with van der Waals surface area (Å²) in [6.45, 7) is 14.2. The molecular weight excluding hydrogens is 1290 g/mol. The fraction of sp³-hybridized carbons (Fsp3) is 0.950. The lowest BCUT2D eigenvalue weighted by molar-refractivity contribution is -0.161. The molecule has 0 aromatic heterocycles. The van der Waals surface area contributed by atoms with Crippen molar-refractivity contribution in [2.24, 2.45) is 23.7 Å². The number of phosphoric ester groups is 2. The van der Waals surface area contributed by atoms with Gasteiger partial charge in [-0.25, -0.2) is 9.13 Å². The minimum atomic E-state index is -4.96. The number of rotatable bonds is 77. The van der Waals surface area contributed by atoms with Crippen LogP contribution in [0.15, 0.2) is 0 Å². The summed E-state index contributed by atoms with van der Waals surface area (Å²) in [6, 6.07) is 0. The maximum atomic E-state index is 13.1. The van der Waals surface area contributed by atoms with E-state index in [-0.39, 0.29) is 25.7 Å². The molecule has 19 heteroatoms. The van der Waals surface area contributed by atoms with Gasteiger partial charge >= 0.3 is 39.5 Å². The van der Waals surface area contributed by atoms with Crippen LogP contribution in [0.4, 0.5) is 0 Å². The summed E-state index contributed by atoms with van der Waals surface area (Å²) in [5.74, 6) is 0.954. The Labute approximate surface area is 607 Å². The van der Waals surface area contributed by atoms with Gasteiger partial charge in [0.15, 0.2) is 12.2 Å². The van der Waals surface area contributed by atoms with E-state index in [9.17, 15) is 43.2 Å². The van der Waals surface area contributed by atoms with Crippen LogP contribution in [0, 0.1) is 23.7 Å². The first-order valence-electron chi connectivity index (χ1n) is 41.2. The summed E-state index contributed by atoms with van der Waals surface area (Å²) in [5, 5.41) is 10.6. The first kappa shape index (κ1) is 97.1. The van der Waals surface area contributed by atoms with Gasteiger partial charge in [0.25, 0.3) is 0 Å². The number of carbonyl (C=O) groups is 4. The zero-order valence-corrected chi connectivity index (χ0v) is 66.9. The van der Waals surface area contributed by atoms with E-state index in [4.69, 9.17) is 37.0 Å². The molecule has 0 spiro atoms. The number of unbranched alkanes of at least 4 members (excludes halogenated alkanes) is 42. The first-order valence-corrected chi connectivity index (χ1v) is 44.2. The smallest absolute Gasteiger partial charge is 0.462 e. The number of phosphoric acid groups is 2. The van der Waals surface area contributed by atoms with Crippen LogP contribution in [-0.4, -0.2) is 96.7 Å². The molecule has 99 heavy (non-hydrogen) atoms. The molecule has 0 fully saturated rings. The molecule has 0 aromatic rings. The average molecular weight is 1450 g/mol. The van der Waals surface area contributed by atoms with E-state index in [0.717, 1.165) is 114 Å². The number of aliphatic hydroxyl groups excluding tert-OH is 1. The van der Waals surface area contributed by atoms with Crippen molar-refractivity contribution >= 4 is 39.5 Å². The molecule has 0 aromatic carbocycles. The Morgan fingerprint density at radius 3 is 0.717 bits per heavy atom. The van der Waals surface area contributed by atoms with Gasteiger partial charge in [-0.15, -0.1) is 0 Å². The molecule has 0 rings (SSSR count). The summed E-state index contributed by atoms with van der Waals surface area (Å²) >= 11 is 0. The van der Waals surface area contributed by atoms with Crippen molar-refractivity contribution in [3.8, 4) is 0 Å². The van der Waals surface area contributed by atoms with Crippen LogP contribution in [0.2, 0.25) is 0 Å². The molecule has 0 bridgehead atoms. The van der Waals surface area contributed by atoms with Gasteiger partial charge in [-0.05, 0) is 49.4 Å². The highest BCUT2D eigenvalue weighted by Crippen LogP contribution is 2.45. The molecule has 0 heterocycles. The predicted octanol–water partition coefficient (Wildman–Crippen LogP) is 23.6. The summed E-state index contributed by atoms with van der Waals surface area (Å²) in [4.78, 5) is 72.9. The fourth-order valence-electron chi connectivity index (χ4n) is 12.2. The van der Waals surface area contributed by atoms with Gasteiger partial charge in [0.2, 0.25) is 0 Å². The first-order chi connectivity index (χ1) is 47.6. The van der Waals surface area contributed by atoms with Gasteiger partial charge in [0.05, 0.1) is 26.4 Å². The Morgan fingerprint density at radius 1 is 0.283 bits per heavy atom. The minimum absolute atomic E-state index is 0.107. The Hall–Kier alpha value is -1.94. The molecule has 0 saturated heterocycles. The Bertz CT molecular complexity index is 1940. The zero-order chi connectivity index (χ0) is 73.1. The maximum absolute atomic E-state index is 13.1. The molecule has 3 N–H and O–H groups in total. The third-order valence-corrected chi connectivity index (χ3v) is 20.8. The Morgan fingerprint density at radius 2 is 0.485 bits per heavy atom. The van der Waals surface area contributed by atoms with E-state index < -0.39 is 97.5 Å². The zero-order valence-electron chi connectivity index (χ0n) is 65.1. The summed E-state index contributed by atoms with van der Waals surface area (Å²) in [5.41, 5.74) is 0. The standard InChI is InChI=1S/C80H156O17P2/c1-9-73(8)59-51-43-34-30-31-35-44-52-60-77(82)90-66-75(96-79(84)62-55-47-37-29-25-21-17-16-19-23-27-33-41-49-57-71(4)5)68-94-98(86,87)92-64-74(81)65-93-99(88,89)95-69-76(67-91-78(83)61-53-45-39-38-42-50-58-72(6)7)97-80(85)63-54-46-36-28-24-20-15-13-11-10-12-14-18-22-26-32-40-48-56-70(2)3/h70-76,81H,9-69H2,1-8H3,(H,86,87)(H,88,89)/t73?,74?,75-,76-/m1/s1. The van der Waals surface area contributed by atoms with E-state index in [2.05, 4.69) is 55.4 Å². The van der Waals surface area contributed by atoms with Gasteiger partial charge in [0.1, 0.15) is 19.3 Å². The largest absolute Gasteiger partial charge is 0.472 e. The maximum Gasteiger partial charge on any atom is 0.472 e. The molecule has 4 unspecified atom stereocenters. The van der Waals surface area contributed by atoms with Crippen molar-refractivity contribution in [2.45, 2.75) is 427 Å². The van der Waals surface area contributed by atoms with Crippen LogP contribution in [0.25, 0.3) is 0 Å². The number of esters is 4. The van der Waals surface area contributed by atoms with E-state index in [1.54, 1.807) is 0 Å². The molecule has 0 radical (unpaired) electrons. The average Bonchev–Trinajstić information content (AvgIpc) is 3.82. The van der Waals surface area contributed by atoms with Gasteiger partial charge in [0, 0.05) is 25.7 Å². The Balaban J connectivity index is 5.18. The van der Waals surface area contributed by atoms with E-state index in [1.807, 2.05) is 0 Å². The van der Waals surface area contributed by atoms with Gasteiger partial charge < -0.3 is 33.8 Å². The van der Waals surface area contributed by atoms with Gasteiger partial charge in [-0.3, -0.25) is 37.3 Å². The molecule has 0 amide bonds. The van der Waals surface area contributed by atoms with E-state index in [0.29, 0.717) is 31.6 Å². The number of aliphatic hydroxyl groups is 1. The molecule has 6 atom stereocenters. The molecular formula is C80H156O17P2. The van der Waals surface area contributed by atoms with Crippen molar-refractivity contribution in [3.63, 3.8) is 0 Å². The highest BCUT2D eigenvalue weighted by atomic mass is 31.2. The summed E-state index contributed by atoms with van der Waals surface area (Å²) in [6.07, 6.45) is 55.7. The highest BCUT2D eigenvalue weighted by molar-refractivity contribution is 7.47. The normalized spacial score (nSPS) is 14.3. The second-order valence-corrected chi connectivity index (χ2v) is 33.4. The predicted molar refractivity (Wildman–Crippen MR) is 404 cm³/mol. The summed E-state index contributed by atoms with van der Waals surface area (Å²) in [7, 11) is -9.92. The molecule has 17 nitrogen and oxygen atoms in total. The topological polar surface area (TPSA) is 237 Å². The summed E-state index contributed by atoms with van der Waals surface area (Å²) < 4.78 is 68.6. The second-order valence-electron chi connectivity index (χ2n) is 30.5. The lowest BCUT2D eigenvalue weighted by Gasteiger charge is -2.21. The van der Waals surface area contributed by atoms with Crippen molar-refractivity contribution in [1.82, 2.24) is 0 Å². The van der Waals surface area contributed by atoms with Crippen LogP contribution in [0.5, 0.6) is 0 Å². The van der Waals surface area contributed by atoms with Crippen LogP contribution >= 0.6 is 15.6 Å². The number of ether oxygens (including phenoxy) is 4. The third-order valence-electron chi connectivity index (χ3n) is 18.9. The van der Waals surface area contributed by atoms with Crippen LogP contribution in [0.1, 0.15) is 409 Å². The van der Waals surface area contributed by atoms with Crippen LogP contribution < -0.4 is 0 Å². The molecule has 588 valence electrons. The molecule has 0 aliphatic heterocycles. The van der Waals surface area contributed by atoms with Crippen molar-refractivity contribution in [2.75, 3.05) is 39.6 Å². The second kappa shape index (κ2) is 69.1. The minimum Gasteiger partial charge on any atom is -0.462 e. The molecule has 0 aliphatic carbocycles. The van der Waals surface area contributed by atoms with Crippen LogP contribution in [-0.2, 0) is 65.4 Å². The Kier molecular flexibility index (Phi) is 67.8. The van der Waals surface area contributed by atoms with Crippen LogP contribution in [0.3, 0.4) is 0 Å². The van der Waals surface area contributed by atoms with Crippen molar-refractivity contribution in [3.05, 3.63) is 0 Å². The third kappa shape index (κ3) is 72.8. The SMILES string of the molecule is CCC(C)CCCCCCCCCCC(=O)OC[C@H](COP(=O)(O)OCC(O)COP(=O)(O)OC[C@@H](COC(=O)CCCCCCCCC(C)C)OC(=O)CCCCCCCCCCCCCCCCCCCCC(C)C)OC(=O)CCCCCCCCCCCCCCCCC(C)C. The lowest BCUT2D eigenvalue weighted by atomic mass is 9.99.